The number of ether oxygens (including phenoxy) is 2. The highest BCUT2D eigenvalue weighted by molar-refractivity contribution is 6.00. The summed E-state index contributed by atoms with van der Waals surface area (Å²) in [7, 11) is 2.46. The van der Waals surface area contributed by atoms with Crippen LogP contribution in [0, 0.1) is 29.1 Å². The monoisotopic (exact) mass is 306 g/mol. The molecule has 1 aliphatic carbocycles. The smallest absolute Gasteiger partial charge is 0.324 e. The van der Waals surface area contributed by atoms with Crippen molar-refractivity contribution in [3.63, 3.8) is 0 Å². The molecule has 1 rings (SSSR count). The summed E-state index contributed by atoms with van der Waals surface area (Å²) in [6.45, 7) is 3.21. The molecule has 2 atom stereocenters. The van der Waals surface area contributed by atoms with Gasteiger partial charge >= 0.3 is 11.9 Å². The van der Waals surface area contributed by atoms with Crippen molar-refractivity contribution in [1.82, 2.24) is 0 Å². The molecule has 120 valence electrons. The summed E-state index contributed by atoms with van der Waals surface area (Å²) in [6, 6.07) is 0. The fraction of sp³-hybridized carbons (Fsp3) is 0.588. The molecule has 0 spiro atoms. The number of rotatable bonds is 7. The number of allylic oxidation sites excluding steroid dienone is 2. The van der Waals surface area contributed by atoms with Crippen LogP contribution in [0.25, 0.3) is 0 Å². The van der Waals surface area contributed by atoms with E-state index in [1.54, 1.807) is 19.9 Å². The summed E-state index contributed by atoms with van der Waals surface area (Å²) in [5.74, 6) is 4.55. The van der Waals surface area contributed by atoms with Crippen LogP contribution in [0.5, 0.6) is 0 Å². The third-order valence-electron chi connectivity index (χ3n) is 3.93. The molecule has 0 aliphatic heterocycles. The minimum Gasteiger partial charge on any atom is -0.468 e. The van der Waals surface area contributed by atoms with Crippen LogP contribution in [-0.4, -0.2) is 31.9 Å². The third-order valence-corrected chi connectivity index (χ3v) is 3.93. The van der Waals surface area contributed by atoms with Gasteiger partial charge in [0.15, 0.2) is 5.41 Å². The van der Waals surface area contributed by atoms with Crippen LogP contribution >= 0.6 is 0 Å². The molecule has 22 heavy (non-hydrogen) atoms. The molecule has 0 aromatic heterocycles. The van der Waals surface area contributed by atoms with Crippen molar-refractivity contribution in [2.24, 2.45) is 17.3 Å². The summed E-state index contributed by atoms with van der Waals surface area (Å²) in [6.07, 6.45) is 4.63. The first-order chi connectivity index (χ1) is 10.4. The van der Waals surface area contributed by atoms with Crippen molar-refractivity contribution in [3.8, 4) is 11.8 Å². The maximum Gasteiger partial charge on any atom is 0.324 e. The maximum absolute atomic E-state index is 12.1. The zero-order chi connectivity index (χ0) is 16.8. The number of ketones is 1. The molecule has 0 amide bonds. The zero-order valence-corrected chi connectivity index (χ0v) is 13.5. The van der Waals surface area contributed by atoms with Gasteiger partial charge in [0.2, 0.25) is 0 Å². The average Bonchev–Trinajstić information content (AvgIpc) is 3.29. The number of Topliss-reactive ketones (excluding diaryl/α,β-unsaturated/α-hetero) is 1. The number of carbonyl (C=O) groups is 3. The van der Waals surface area contributed by atoms with Crippen LogP contribution < -0.4 is 0 Å². The lowest BCUT2D eigenvalue weighted by atomic mass is 9.81. The molecule has 0 aromatic rings. The van der Waals surface area contributed by atoms with E-state index in [9.17, 15) is 14.4 Å². The summed E-state index contributed by atoms with van der Waals surface area (Å²) < 4.78 is 9.55. The topological polar surface area (TPSA) is 69.7 Å². The minimum absolute atomic E-state index is 0.0357. The first-order valence-electron chi connectivity index (χ1n) is 7.16. The second-order valence-corrected chi connectivity index (χ2v) is 5.42. The van der Waals surface area contributed by atoms with Gasteiger partial charge in [0.25, 0.3) is 0 Å². The van der Waals surface area contributed by atoms with Crippen LogP contribution in [0.2, 0.25) is 0 Å². The largest absolute Gasteiger partial charge is 0.468 e. The van der Waals surface area contributed by atoms with Crippen molar-refractivity contribution in [1.29, 1.82) is 0 Å². The van der Waals surface area contributed by atoms with Gasteiger partial charge in [-0.15, -0.1) is 11.8 Å². The Balaban J connectivity index is 2.90. The molecule has 1 aliphatic rings. The average molecular weight is 306 g/mol. The lowest BCUT2D eigenvalue weighted by molar-refractivity contribution is -0.168. The summed E-state index contributed by atoms with van der Waals surface area (Å²) >= 11 is 0. The van der Waals surface area contributed by atoms with E-state index < -0.39 is 17.4 Å². The standard InChI is InChI=1S/C17H22O5/c1-5-6-9-17(15(19)21-3,16(20)22-4)10-7-8-13-11-14(13)12(2)18/h7-8,13-14H,9-11H2,1-4H3/b8-7+/t13-,14-/m0/s1. The highest BCUT2D eigenvalue weighted by Gasteiger charge is 2.47. The van der Waals surface area contributed by atoms with E-state index in [4.69, 9.17) is 9.47 Å². The molecule has 0 N–H and O–H groups in total. The molecule has 0 unspecified atom stereocenters. The van der Waals surface area contributed by atoms with Crippen LogP contribution in [0.1, 0.15) is 33.1 Å². The molecule has 0 aromatic carbocycles. The van der Waals surface area contributed by atoms with Crippen LogP contribution in [-0.2, 0) is 23.9 Å². The predicted octanol–water partition coefficient (Wildman–Crippen LogP) is 1.90. The van der Waals surface area contributed by atoms with E-state index in [1.165, 1.54) is 14.2 Å². The van der Waals surface area contributed by atoms with Gasteiger partial charge in [0.05, 0.1) is 14.2 Å². The summed E-state index contributed by atoms with van der Waals surface area (Å²) in [5, 5.41) is 0. The Hall–Kier alpha value is -2.09. The van der Waals surface area contributed by atoms with E-state index in [2.05, 4.69) is 11.8 Å². The second-order valence-electron chi connectivity index (χ2n) is 5.42. The van der Waals surface area contributed by atoms with Gasteiger partial charge in [-0.2, -0.15) is 0 Å². The van der Waals surface area contributed by atoms with Crippen molar-refractivity contribution in [2.45, 2.75) is 33.1 Å². The molecule has 1 saturated carbocycles. The molecule has 0 heterocycles. The molecule has 1 fully saturated rings. The number of methoxy groups -OCH3 is 2. The number of hydrogen-bond donors (Lipinski definition) is 0. The van der Waals surface area contributed by atoms with Gasteiger partial charge in [-0.1, -0.05) is 12.2 Å². The number of esters is 2. The van der Waals surface area contributed by atoms with E-state index >= 15 is 0 Å². The third kappa shape index (κ3) is 3.97. The molecule has 0 radical (unpaired) electrons. The van der Waals surface area contributed by atoms with Crippen molar-refractivity contribution in [3.05, 3.63) is 12.2 Å². The van der Waals surface area contributed by atoms with Crippen molar-refractivity contribution >= 4 is 17.7 Å². The van der Waals surface area contributed by atoms with Crippen molar-refractivity contribution in [2.75, 3.05) is 14.2 Å². The van der Waals surface area contributed by atoms with Gasteiger partial charge in [0, 0.05) is 12.3 Å². The van der Waals surface area contributed by atoms with E-state index in [1.807, 2.05) is 6.08 Å². The van der Waals surface area contributed by atoms with Gasteiger partial charge in [-0.25, -0.2) is 0 Å². The maximum atomic E-state index is 12.1. The summed E-state index contributed by atoms with van der Waals surface area (Å²) in [4.78, 5) is 35.5. The van der Waals surface area contributed by atoms with E-state index in [0.29, 0.717) is 0 Å². The SMILES string of the molecule is CC#CCC(C/C=C/[C@H]1C[C@H]1C(C)=O)(C(=O)OC)C(=O)OC. The molecule has 5 nitrogen and oxygen atoms in total. The zero-order valence-electron chi connectivity index (χ0n) is 13.5. The minimum atomic E-state index is -1.45. The highest BCUT2D eigenvalue weighted by Crippen LogP contribution is 2.41. The van der Waals surface area contributed by atoms with Gasteiger partial charge in [0.1, 0.15) is 5.78 Å². The Morgan fingerprint density at radius 1 is 1.23 bits per heavy atom. The van der Waals surface area contributed by atoms with Crippen LogP contribution in [0.4, 0.5) is 0 Å². The van der Waals surface area contributed by atoms with Gasteiger partial charge in [-0.05, 0) is 32.6 Å². The van der Waals surface area contributed by atoms with E-state index in [0.717, 1.165) is 6.42 Å². The highest BCUT2D eigenvalue weighted by atomic mass is 16.5. The first-order valence-corrected chi connectivity index (χ1v) is 7.16. The Morgan fingerprint density at radius 3 is 2.23 bits per heavy atom. The molecular weight excluding hydrogens is 284 g/mol. The molecule has 0 bridgehead atoms. The van der Waals surface area contributed by atoms with Crippen LogP contribution in [0.3, 0.4) is 0 Å². The number of carbonyl (C=O) groups excluding carboxylic acids is 3. The van der Waals surface area contributed by atoms with Gasteiger partial charge < -0.3 is 9.47 Å². The molecular formula is C17H22O5. The predicted molar refractivity (Wildman–Crippen MR) is 80.6 cm³/mol. The second kappa shape index (κ2) is 7.79. The molecule has 0 saturated heterocycles. The van der Waals surface area contributed by atoms with Crippen LogP contribution in [0.15, 0.2) is 12.2 Å². The number of hydrogen-bond acceptors (Lipinski definition) is 5. The fourth-order valence-corrected chi connectivity index (χ4v) is 2.44. The summed E-state index contributed by atoms with van der Waals surface area (Å²) in [5.41, 5.74) is -1.45. The van der Waals surface area contributed by atoms with Crippen molar-refractivity contribution < 1.29 is 23.9 Å². The molecule has 5 heteroatoms. The lowest BCUT2D eigenvalue weighted by Crippen LogP contribution is -2.40. The Labute approximate surface area is 131 Å². The quantitative estimate of drug-likeness (QED) is 0.311. The fourth-order valence-electron chi connectivity index (χ4n) is 2.44. The van der Waals surface area contributed by atoms with E-state index in [-0.39, 0.29) is 30.5 Å². The van der Waals surface area contributed by atoms with Gasteiger partial charge in [-0.3, -0.25) is 14.4 Å². The Bertz CT molecular complexity index is 519. The first kappa shape index (κ1) is 18.0. The Morgan fingerprint density at radius 2 is 1.82 bits per heavy atom. The normalized spacial score (nSPS) is 20.0. The Kier molecular flexibility index (Phi) is 6.36. The lowest BCUT2D eigenvalue weighted by Gasteiger charge is -2.24.